The zero-order valence-corrected chi connectivity index (χ0v) is 15.3. The normalized spacial score (nSPS) is 16.6. The highest BCUT2D eigenvalue weighted by Crippen LogP contribution is 2.35. The second-order valence-corrected chi connectivity index (χ2v) is 7.62. The summed E-state index contributed by atoms with van der Waals surface area (Å²) in [5.74, 6) is 1.24. The zero-order valence-electron chi connectivity index (χ0n) is 14.5. The molecule has 0 spiro atoms. The number of thioether (sulfide) groups is 1. The van der Waals surface area contributed by atoms with Crippen molar-refractivity contribution in [2.24, 2.45) is 0 Å². The molecule has 1 fully saturated rings. The molecule has 3 rings (SSSR count). The molecule has 0 bridgehead atoms. The smallest absolute Gasteiger partial charge is 0.316 e. The molecule has 1 aliphatic carbocycles. The predicted molar refractivity (Wildman–Crippen MR) is 96.7 cm³/mol. The van der Waals surface area contributed by atoms with E-state index in [0.29, 0.717) is 11.1 Å². The number of aromatic nitrogens is 3. The van der Waals surface area contributed by atoms with Gasteiger partial charge in [0, 0.05) is 11.6 Å². The lowest BCUT2D eigenvalue weighted by molar-refractivity contribution is -0.136. The molecule has 1 heterocycles. The summed E-state index contributed by atoms with van der Waals surface area (Å²) in [7, 11) is 1.64. The molecule has 1 N–H and O–H groups in total. The number of carboxylic acid groups (broad SMARTS) is 1. The standard InChI is InChI=1S/C18H23N3O3S/c1-12(17(22)23)25-18-20-19-16(13-6-4-3-5-7-13)21(18)14-8-10-15(24-2)11-9-14/h8-13H,3-7H2,1-2H3,(H,22,23). The van der Waals surface area contributed by atoms with Crippen LogP contribution >= 0.6 is 11.8 Å². The summed E-state index contributed by atoms with van der Waals surface area (Å²) in [6.45, 7) is 1.67. The second-order valence-electron chi connectivity index (χ2n) is 6.31. The molecule has 1 aliphatic rings. The van der Waals surface area contributed by atoms with Crippen LogP contribution in [0.25, 0.3) is 5.69 Å². The lowest BCUT2D eigenvalue weighted by atomic mass is 9.88. The Labute approximate surface area is 151 Å². The topological polar surface area (TPSA) is 77.2 Å². The highest BCUT2D eigenvalue weighted by Gasteiger charge is 2.26. The number of hydrogen-bond donors (Lipinski definition) is 1. The molecule has 1 atom stereocenters. The van der Waals surface area contributed by atoms with Crippen molar-refractivity contribution in [1.82, 2.24) is 14.8 Å². The molecule has 1 unspecified atom stereocenters. The van der Waals surface area contributed by atoms with E-state index in [9.17, 15) is 9.90 Å². The number of hydrogen-bond acceptors (Lipinski definition) is 5. The van der Waals surface area contributed by atoms with E-state index in [1.807, 2.05) is 28.8 Å². The van der Waals surface area contributed by atoms with Gasteiger partial charge in [-0.2, -0.15) is 0 Å². The van der Waals surface area contributed by atoms with E-state index in [0.717, 1.165) is 30.1 Å². The Morgan fingerprint density at radius 3 is 2.52 bits per heavy atom. The SMILES string of the molecule is COc1ccc(-n2c(SC(C)C(=O)O)nnc2C2CCCCC2)cc1. The first-order valence-corrected chi connectivity index (χ1v) is 9.47. The molecular formula is C18H23N3O3S. The Balaban J connectivity index is 2.00. The van der Waals surface area contributed by atoms with Crippen molar-refractivity contribution in [3.63, 3.8) is 0 Å². The number of methoxy groups -OCH3 is 1. The van der Waals surface area contributed by atoms with Crippen molar-refractivity contribution in [1.29, 1.82) is 0 Å². The first-order valence-electron chi connectivity index (χ1n) is 8.59. The molecule has 1 saturated carbocycles. The van der Waals surface area contributed by atoms with Gasteiger partial charge < -0.3 is 9.84 Å². The van der Waals surface area contributed by atoms with Crippen LogP contribution in [0.15, 0.2) is 29.4 Å². The van der Waals surface area contributed by atoms with Crippen LogP contribution in [0.3, 0.4) is 0 Å². The van der Waals surface area contributed by atoms with Crippen LogP contribution < -0.4 is 4.74 Å². The van der Waals surface area contributed by atoms with Crippen molar-refractivity contribution in [2.75, 3.05) is 7.11 Å². The molecule has 6 nitrogen and oxygen atoms in total. The molecule has 2 aromatic rings. The molecule has 0 radical (unpaired) electrons. The van der Waals surface area contributed by atoms with E-state index in [4.69, 9.17) is 4.74 Å². The summed E-state index contributed by atoms with van der Waals surface area (Å²) in [6, 6.07) is 7.72. The van der Waals surface area contributed by atoms with Gasteiger partial charge in [-0.3, -0.25) is 9.36 Å². The van der Waals surface area contributed by atoms with Gasteiger partial charge in [0.2, 0.25) is 0 Å². The van der Waals surface area contributed by atoms with Crippen LogP contribution in [0.4, 0.5) is 0 Å². The van der Waals surface area contributed by atoms with Crippen LogP contribution in [0.2, 0.25) is 0 Å². The third-order valence-corrected chi connectivity index (χ3v) is 5.62. The van der Waals surface area contributed by atoms with Gasteiger partial charge in [-0.15, -0.1) is 10.2 Å². The first-order chi connectivity index (χ1) is 12.1. The summed E-state index contributed by atoms with van der Waals surface area (Å²) in [5.41, 5.74) is 0.937. The molecule has 0 amide bonds. The molecule has 1 aromatic carbocycles. The van der Waals surface area contributed by atoms with E-state index >= 15 is 0 Å². The molecule has 25 heavy (non-hydrogen) atoms. The number of ether oxygens (including phenoxy) is 1. The Morgan fingerprint density at radius 2 is 1.92 bits per heavy atom. The second kappa shape index (κ2) is 7.91. The fourth-order valence-corrected chi connectivity index (χ4v) is 3.97. The molecule has 7 heteroatoms. The Hall–Kier alpha value is -2.02. The molecule has 1 aromatic heterocycles. The Morgan fingerprint density at radius 1 is 1.24 bits per heavy atom. The van der Waals surface area contributed by atoms with Gasteiger partial charge in [0.15, 0.2) is 5.16 Å². The third-order valence-electron chi connectivity index (χ3n) is 4.59. The van der Waals surface area contributed by atoms with Crippen LogP contribution in [-0.4, -0.2) is 38.2 Å². The zero-order chi connectivity index (χ0) is 17.8. The number of benzene rings is 1. The van der Waals surface area contributed by atoms with Gasteiger partial charge >= 0.3 is 5.97 Å². The quantitative estimate of drug-likeness (QED) is 0.787. The number of nitrogens with zero attached hydrogens (tertiary/aromatic N) is 3. The van der Waals surface area contributed by atoms with Gasteiger partial charge in [-0.25, -0.2) is 0 Å². The average Bonchev–Trinajstić information content (AvgIpc) is 3.06. The highest BCUT2D eigenvalue weighted by atomic mass is 32.2. The molecule has 134 valence electrons. The van der Waals surface area contributed by atoms with E-state index < -0.39 is 11.2 Å². The average molecular weight is 361 g/mol. The maximum atomic E-state index is 11.2. The minimum Gasteiger partial charge on any atom is -0.497 e. The molecule has 0 saturated heterocycles. The van der Waals surface area contributed by atoms with Crippen molar-refractivity contribution < 1.29 is 14.6 Å². The fourth-order valence-electron chi connectivity index (χ4n) is 3.17. The van der Waals surface area contributed by atoms with Gasteiger partial charge in [0.1, 0.15) is 16.8 Å². The highest BCUT2D eigenvalue weighted by molar-refractivity contribution is 8.00. The summed E-state index contributed by atoms with van der Waals surface area (Å²) in [6.07, 6.45) is 5.88. The maximum absolute atomic E-state index is 11.2. The lowest BCUT2D eigenvalue weighted by Crippen LogP contribution is -2.14. The minimum atomic E-state index is -0.853. The predicted octanol–water partition coefficient (Wildman–Crippen LogP) is 3.89. The van der Waals surface area contributed by atoms with E-state index in [1.54, 1.807) is 14.0 Å². The summed E-state index contributed by atoms with van der Waals surface area (Å²) in [5, 5.41) is 18.0. The fraction of sp³-hybridized carbons (Fsp3) is 0.500. The van der Waals surface area contributed by atoms with Gasteiger partial charge in [-0.05, 0) is 44.0 Å². The van der Waals surface area contributed by atoms with Crippen molar-refractivity contribution in [3.8, 4) is 11.4 Å². The number of rotatable bonds is 6. The van der Waals surface area contributed by atoms with Gasteiger partial charge in [0.05, 0.1) is 7.11 Å². The van der Waals surface area contributed by atoms with Crippen LogP contribution in [0, 0.1) is 0 Å². The first kappa shape index (κ1) is 17.8. The van der Waals surface area contributed by atoms with Crippen LogP contribution in [0.1, 0.15) is 50.8 Å². The van der Waals surface area contributed by atoms with Gasteiger partial charge in [0.25, 0.3) is 0 Å². The largest absolute Gasteiger partial charge is 0.497 e. The minimum absolute atomic E-state index is 0.373. The van der Waals surface area contributed by atoms with Crippen molar-refractivity contribution >= 4 is 17.7 Å². The van der Waals surface area contributed by atoms with Crippen LogP contribution in [-0.2, 0) is 4.79 Å². The van der Waals surface area contributed by atoms with Crippen molar-refractivity contribution in [3.05, 3.63) is 30.1 Å². The van der Waals surface area contributed by atoms with Crippen LogP contribution in [0.5, 0.6) is 5.75 Å². The van der Waals surface area contributed by atoms with E-state index in [-0.39, 0.29) is 0 Å². The summed E-state index contributed by atoms with van der Waals surface area (Å²) >= 11 is 1.23. The van der Waals surface area contributed by atoms with E-state index in [2.05, 4.69) is 10.2 Å². The molecule has 0 aliphatic heterocycles. The number of carboxylic acids is 1. The molecular weight excluding hydrogens is 338 g/mol. The number of aliphatic carboxylic acids is 1. The van der Waals surface area contributed by atoms with E-state index in [1.165, 1.54) is 31.0 Å². The summed E-state index contributed by atoms with van der Waals surface area (Å²) in [4.78, 5) is 11.2. The Bertz CT molecular complexity index is 724. The third kappa shape index (κ3) is 3.98. The summed E-state index contributed by atoms with van der Waals surface area (Å²) < 4.78 is 7.25. The Kier molecular flexibility index (Phi) is 5.63. The monoisotopic (exact) mass is 361 g/mol. The lowest BCUT2D eigenvalue weighted by Gasteiger charge is -2.22. The van der Waals surface area contributed by atoms with Gasteiger partial charge in [-0.1, -0.05) is 31.0 Å². The number of carbonyl (C=O) groups is 1. The maximum Gasteiger partial charge on any atom is 0.316 e. The van der Waals surface area contributed by atoms with Crippen molar-refractivity contribution in [2.45, 2.75) is 55.4 Å².